The minimum Gasteiger partial charge on any atom is -0.450 e. The summed E-state index contributed by atoms with van der Waals surface area (Å²) in [7, 11) is 1.54. The molecule has 0 bridgehead atoms. The monoisotopic (exact) mass is 395 g/mol. The molecular weight excluding hydrogens is 370 g/mol. The number of benzene rings is 2. The number of carbonyl (C=O) groups excluding carboxylic acids is 2. The SMILES string of the molecule is COCc1c(C(=O)OCC(=O)N[C@@H](C)c2ccc(C)c(C)c2)oc2ccccc12. The Labute approximate surface area is 169 Å². The summed E-state index contributed by atoms with van der Waals surface area (Å²) >= 11 is 0. The summed E-state index contributed by atoms with van der Waals surface area (Å²) in [6.07, 6.45) is 0. The minimum atomic E-state index is -0.692. The van der Waals surface area contributed by atoms with Gasteiger partial charge in [-0.25, -0.2) is 4.79 Å². The molecule has 1 atom stereocenters. The average molecular weight is 395 g/mol. The maximum Gasteiger partial charge on any atom is 0.375 e. The van der Waals surface area contributed by atoms with E-state index in [0.717, 1.165) is 16.5 Å². The molecule has 1 heterocycles. The molecular formula is C23H25NO5. The van der Waals surface area contributed by atoms with E-state index in [0.29, 0.717) is 11.1 Å². The van der Waals surface area contributed by atoms with Gasteiger partial charge < -0.3 is 19.2 Å². The minimum absolute atomic E-state index is 0.0584. The first-order valence-corrected chi connectivity index (χ1v) is 9.43. The Morgan fingerprint density at radius 3 is 2.59 bits per heavy atom. The number of esters is 1. The smallest absolute Gasteiger partial charge is 0.375 e. The molecule has 0 fully saturated rings. The second kappa shape index (κ2) is 8.92. The average Bonchev–Trinajstić information content (AvgIpc) is 3.07. The molecule has 0 radical (unpaired) electrons. The van der Waals surface area contributed by atoms with Crippen LogP contribution in [0.4, 0.5) is 0 Å². The molecule has 0 saturated carbocycles. The number of amides is 1. The number of furan rings is 1. The van der Waals surface area contributed by atoms with Crippen molar-refractivity contribution in [2.45, 2.75) is 33.4 Å². The molecule has 0 saturated heterocycles. The number of hydrogen-bond donors (Lipinski definition) is 1. The predicted molar refractivity (Wildman–Crippen MR) is 110 cm³/mol. The summed E-state index contributed by atoms with van der Waals surface area (Å²) in [5, 5.41) is 3.63. The number of para-hydroxylation sites is 1. The Morgan fingerprint density at radius 1 is 1.10 bits per heavy atom. The second-order valence-electron chi connectivity index (χ2n) is 7.05. The van der Waals surface area contributed by atoms with E-state index in [4.69, 9.17) is 13.9 Å². The van der Waals surface area contributed by atoms with Crippen LogP contribution in [0.2, 0.25) is 0 Å². The molecule has 29 heavy (non-hydrogen) atoms. The van der Waals surface area contributed by atoms with Gasteiger partial charge in [0, 0.05) is 18.1 Å². The molecule has 6 nitrogen and oxygen atoms in total. The third-order valence-corrected chi connectivity index (χ3v) is 4.92. The zero-order chi connectivity index (χ0) is 21.0. The zero-order valence-electron chi connectivity index (χ0n) is 17.1. The molecule has 1 aromatic heterocycles. The van der Waals surface area contributed by atoms with Crippen molar-refractivity contribution in [1.29, 1.82) is 0 Å². The van der Waals surface area contributed by atoms with Crippen LogP contribution in [0.5, 0.6) is 0 Å². The molecule has 2 aromatic carbocycles. The van der Waals surface area contributed by atoms with Gasteiger partial charge in [-0.3, -0.25) is 4.79 Å². The Bertz CT molecular complexity index is 1040. The molecule has 0 aliphatic rings. The summed E-state index contributed by atoms with van der Waals surface area (Å²) in [5.74, 6) is -1.02. The lowest BCUT2D eigenvalue weighted by molar-refractivity contribution is -0.124. The number of hydrogen-bond acceptors (Lipinski definition) is 5. The van der Waals surface area contributed by atoms with Crippen molar-refractivity contribution in [2.75, 3.05) is 13.7 Å². The van der Waals surface area contributed by atoms with Gasteiger partial charge in [-0.2, -0.15) is 0 Å². The number of fused-ring (bicyclic) bond motifs is 1. The fraction of sp³-hybridized carbons (Fsp3) is 0.304. The largest absolute Gasteiger partial charge is 0.450 e. The maximum atomic E-state index is 12.5. The lowest BCUT2D eigenvalue weighted by atomic mass is 10.0. The topological polar surface area (TPSA) is 77.8 Å². The highest BCUT2D eigenvalue weighted by Crippen LogP contribution is 2.27. The Hall–Kier alpha value is -3.12. The highest BCUT2D eigenvalue weighted by molar-refractivity contribution is 5.96. The van der Waals surface area contributed by atoms with Crippen LogP contribution >= 0.6 is 0 Å². The van der Waals surface area contributed by atoms with Crippen molar-refractivity contribution in [3.63, 3.8) is 0 Å². The Morgan fingerprint density at radius 2 is 1.86 bits per heavy atom. The molecule has 1 amide bonds. The Balaban J connectivity index is 1.64. The van der Waals surface area contributed by atoms with Gasteiger partial charge in [0.15, 0.2) is 6.61 Å². The third-order valence-electron chi connectivity index (χ3n) is 4.92. The maximum absolute atomic E-state index is 12.5. The van der Waals surface area contributed by atoms with Gasteiger partial charge in [0.05, 0.1) is 12.6 Å². The number of methoxy groups -OCH3 is 1. The quantitative estimate of drug-likeness (QED) is 0.606. The number of carbonyl (C=O) groups is 2. The summed E-state index contributed by atoms with van der Waals surface area (Å²) in [6, 6.07) is 13.1. The zero-order valence-corrected chi connectivity index (χ0v) is 17.1. The molecule has 0 spiro atoms. The normalized spacial score (nSPS) is 12.0. The van der Waals surface area contributed by atoms with Crippen LogP contribution in [-0.2, 0) is 20.9 Å². The summed E-state index contributed by atoms with van der Waals surface area (Å²) in [6.45, 7) is 5.77. The van der Waals surface area contributed by atoms with E-state index >= 15 is 0 Å². The number of aryl methyl sites for hydroxylation is 2. The van der Waals surface area contributed by atoms with E-state index in [1.807, 2.05) is 57.2 Å². The van der Waals surface area contributed by atoms with Gasteiger partial charge in [-0.05, 0) is 43.5 Å². The van der Waals surface area contributed by atoms with Crippen LogP contribution < -0.4 is 5.32 Å². The third kappa shape index (κ3) is 4.66. The van der Waals surface area contributed by atoms with Gasteiger partial charge in [-0.15, -0.1) is 0 Å². The highest BCUT2D eigenvalue weighted by atomic mass is 16.5. The highest BCUT2D eigenvalue weighted by Gasteiger charge is 2.22. The van der Waals surface area contributed by atoms with Gasteiger partial charge in [0.1, 0.15) is 5.58 Å². The van der Waals surface area contributed by atoms with Crippen molar-refractivity contribution in [3.8, 4) is 0 Å². The second-order valence-corrected chi connectivity index (χ2v) is 7.05. The molecule has 6 heteroatoms. The first kappa shape index (κ1) is 20.6. The molecule has 0 aliphatic carbocycles. The molecule has 1 N–H and O–H groups in total. The first-order valence-electron chi connectivity index (χ1n) is 9.43. The Kier molecular flexibility index (Phi) is 6.34. The number of nitrogens with one attached hydrogen (secondary N) is 1. The summed E-state index contributed by atoms with van der Waals surface area (Å²) < 4.78 is 16.0. The van der Waals surface area contributed by atoms with Crippen molar-refractivity contribution < 1.29 is 23.5 Å². The van der Waals surface area contributed by atoms with Crippen molar-refractivity contribution in [3.05, 3.63) is 70.5 Å². The van der Waals surface area contributed by atoms with Crippen molar-refractivity contribution in [2.24, 2.45) is 0 Å². The van der Waals surface area contributed by atoms with E-state index in [-0.39, 0.29) is 24.3 Å². The molecule has 0 unspecified atom stereocenters. The lowest BCUT2D eigenvalue weighted by Crippen LogP contribution is -2.31. The molecule has 3 rings (SSSR count). The fourth-order valence-electron chi connectivity index (χ4n) is 3.15. The van der Waals surface area contributed by atoms with E-state index in [1.165, 1.54) is 5.56 Å². The first-order chi connectivity index (χ1) is 13.9. The lowest BCUT2D eigenvalue weighted by Gasteiger charge is -2.15. The number of ether oxygens (including phenoxy) is 2. The predicted octanol–water partition coefficient (Wildman–Crippen LogP) is 4.23. The molecule has 0 aliphatic heterocycles. The standard InChI is InChI=1S/C23H25NO5/c1-14-9-10-17(11-15(14)2)16(3)24-21(25)13-28-23(26)22-19(12-27-4)18-7-5-6-8-20(18)29-22/h5-11,16H,12-13H2,1-4H3,(H,24,25)/t16-/m0/s1. The van der Waals surface area contributed by atoms with Crippen molar-refractivity contribution >= 4 is 22.8 Å². The van der Waals surface area contributed by atoms with Gasteiger partial charge in [-0.1, -0.05) is 36.4 Å². The van der Waals surface area contributed by atoms with Gasteiger partial charge in [0.2, 0.25) is 5.76 Å². The molecule has 152 valence electrons. The van der Waals surface area contributed by atoms with Gasteiger partial charge in [0.25, 0.3) is 5.91 Å². The van der Waals surface area contributed by atoms with Crippen molar-refractivity contribution in [1.82, 2.24) is 5.32 Å². The number of rotatable bonds is 7. The van der Waals surface area contributed by atoms with E-state index in [1.54, 1.807) is 13.2 Å². The van der Waals surface area contributed by atoms with Crippen LogP contribution in [-0.4, -0.2) is 25.6 Å². The van der Waals surface area contributed by atoms with Crippen LogP contribution in [0.3, 0.4) is 0 Å². The van der Waals surface area contributed by atoms with Gasteiger partial charge >= 0.3 is 5.97 Å². The van der Waals surface area contributed by atoms with E-state index < -0.39 is 12.6 Å². The van der Waals surface area contributed by atoms with Crippen LogP contribution in [0.15, 0.2) is 46.9 Å². The van der Waals surface area contributed by atoms with E-state index in [9.17, 15) is 9.59 Å². The van der Waals surface area contributed by atoms with E-state index in [2.05, 4.69) is 5.32 Å². The van der Waals surface area contributed by atoms with Crippen LogP contribution in [0.1, 0.15) is 45.8 Å². The van der Waals surface area contributed by atoms with Crippen LogP contribution in [0.25, 0.3) is 11.0 Å². The summed E-state index contributed by atoms with van der Waals surface area (Å²) in [4.78, 5) is 24.8. The summed E-state index contributed by atoms with van der Waals surface area (Å²) in [5.41, 5.74) is 4.52. The molecule has 3 aromatic rings. The fourth-order valence-corrected chi connectivity index (χ4v) is 3.15. The van der Waals surface area contributed by atoms with Crippen LogP contribution in [0, 0.1) is 13.8 Å².